The number of allylic oxidation sites excluding steroid dienone is 4. The van der Waals surface area contributed by atoms with Gasteiger partial charge in [0.25, 0.3) is 5.69 Å². The smallest absolute Gasteiger partial charge is 0.269 e. The summed E-state index contributed by atoms with van der Waals surface area (Å²) < 4.78 is 5.83. The molecule has 0 unspecified atom stereocenters. The van der Waals surface area contributed by atoms with Gasteiger partial charge in [0.15, 0.2) is 0 Å². The van der Waals surface area contributed by atoms with Crippen LogP contribution in [0.1, 0.15) is 19.4 Å². The minimum Gasteiger partial charge on any atom is -0.492 e. The van der Waals surface area contributed by atoms with Crippen LogP contribution in [0.3, 0.4) is 0 Å². The number of nitriles is 2. The minimum atomic E-state index is -0.555. The molecule has 3 rings (SSSR count). The third kappa shape index (κ3) is 4.01. The summed E-state index contributed by atoms with van der Waals surface area (Å²) in [6.07, 6.45) is 3.21. The van der Waals surface area contributed by atoms with Crippen LogP contribution in [0.25, 0.3) is 0 Å². The van der Waals surface area contributed by atoms with Gasteiger partial charge in [0.1, 0.15) is 30.1 Å². The van der Waals surface area contributed by atoms with Crippen molar-refractivity contribution < 1.29 is 9.66 Å². The van der Waals surface area contributed by atoms with E-state index in [4.69, 9.17) is 15.3 Å². The zero-order valence-corrected chi connectivity index (χ0v) is 16.7. The molecule has 0 N–H and O–H groups in total. The molecule has 1 aliphatic heterocycles. The van der Waals surface area contributed by atoms with Crippen molar-refractivity contribution in [2.75, 3.05) is 18.1 Å². The fourth-order valence-electron chi connectivity index (χ4n) is 3.55. The molecule has 0 atom stereocenters. The third-order valence-corrected chi connectivity index (χ3v) is 5.06. The molecule has 1 aliphatic rings. The molecule has 0 spiro atoms. The summed E-state index contributed by atoms with van der Waals surface area (Å²) in [7, 11) is 0. The third-order valence-electron chi connectivity index (χ3n) is 5.06. The zero-order chi connectivity index (χ0) is 21.7. The fraction of sp³-hybridized carbons (Fsp3) is 0.217. The SMILES string of the molecule is CC1(C)/C(=C\C=C(C#N)C#N)N(CCOc2ccccc2)c2ccc([N+](=O)[O-])cc21. The van der Waals surface area contributed by atoms with E-state index in [0.29, 0.717) is 13.2 Å². The van der Waals surface area contributed by atoms with Crippen molar-refractivity contribution in [3.05, 3.63) is 87.6 Å². The summed E-state index contributed by atoms with van der Waals surface area (Å²) in [5, 5.41) is 29.4. The molecule has 30 heavy (non-hydrogen) atoms. The summed E-state index contributed by atoms with van der Waals surface area (Å²) >= 11 is 0. The molecule has 1 heterocycles. The maximum Gasteiger partial charge on any atom is 0.269 e. The molecule has 0 radical (unpaired) electrons. The number of hydrogen-bond donors (Lipinski definition) is 0. The second kappa shape index (κ2) is 8.50. The average Bonchev–Trinajstić information content (AvgIpc) is 2.96. The van der Waals surface area contributed by atoms with Gasteiger partial charge in [-0.05, 0) is 35.9 Å². The van der Waals surface area contributed by atoms with Crippen LogP contribution in [0.4, 0.5) is 11.4 Å². The number of anilines is 1. The summed E-state index contributed by atoms with van der Waals surface area (Å²) in [6.45, 7) is 4.82. The van der Waals surface area contributed by atoms with Gasteiger partial charge < -0.3 is 9.64 Å². The predicted octanol–water partition coefficient (Wildman–Crippen LogP) is 4.63. The van der Waals surface area contributed by atoms with Crippen molar-refractivity contribution >= 4 is 11.4 Å². The van der Waals surface area contributed by atoms with Crippen molar-refractivity contribution in [2.45, 2.75) is 19.3 Å². The highest BCUT2D eigenvalue weighted by molar-refractivity contribution is 5.73. The molecule has 7 nitrogen and oxygen atoms in total. The molecule has 0 aliphatic carbocycles. The van der Waals surface area contributed by atoms with Crippen molar-refractivity contribution in [2.24, 2.45) is 0 Å². The van der Waals surface area contributed by atoms with Gasteiger partial charge in [-0.25, -0.2) is 0 Å². The van der Waals surface area contributed by atoms with Gasteiger partial charge in [0, 0.05) is 28.9 Å². The number of para-hydroxylation sites is 1. The van der Waals surface area contributed by atoms with Crippen LogP contribution in [0.15, 0.2) is 72.0 Å². The Kier molecular flexibility index (Phi) is 5.85. The summed E-state index contributed by atoms with van der Waals surface area (Å²) in [5.41, 5.74) is 1.94. The molecule has 0 saturated heterocycles. The van der Waals surface area contributed by atoms with Crippen LogP contribution >= 0.6 is 0 Å². The van der Waals surface area contributed by atoms with Crippen molar-refractivity contribution in [3.63, 3.8) is 0 Å². The van der Waals surface area contributed by atoms with E-state index in [1.807, 2.05) is 61.2 Å². The van der Waals surface area contributed by atoms with E-state index in [1.165, 1.54) is 12.1 Å². The lowest BCUT2D eigenvalue weighted by Crippen LogP contribution is -2.29. The number of ether oxygens (including phenoxy) is 1. The van der Waals surface area contributed by atoms with E-state index in [0.717, 1.165) is 22.7 Å². The number of nitro groups is 1. The minimum absolute atomic E-state index is 0.0132. The quantitative estimate of drug-likeness (QED) is 0.398. The number of rotatable bonds is 6. The Morgan fingerprint density at radius 3 is 2.53 bits per heavy atom. The maximum absolute atomic E-state index is 11.3. The molecular weight excluding hydrogens is 380 g/mol. The summed E-state index contributed by atoms with van der Waals surface area (Å²) in [6, 6.07) is 17.9. The lowest BCUT2D eigenvalue weighted by Gasteiger charge is -2.27. The summed E-state index contributed by atoms with van der Waals surface area (Å²) in [5.74, 6) is 0.751. The van der Waals surface area contributed by atoms with E-state index in [1.54, 1.807) is 18.2 Å². The zero-order valence-electron chi connectivity index (χ0n) is 16.7. The highest BCUT2D eigenvalue weighted by Crippen LogP contribution is 2.48. The molecule has 150 valence electrons. The van der Waals surface area contributed by atoms with Crippen molar-refractivity contribution in [3.8, 4) is 17.9 Å². The molecular formula is C23H20N4O3. The molecule has 7 heteroatoms. The number of nitro benzene ring substituents is 1. The van der Waals surface area contributed by atoms with Crippen molar-refractivity contribution in [1.82, 2.24) is 0 Å². The topological polar surface area (TPSA) is 103 Å². The Morgan fingerprint density at radius 1 is 1.20 bits per heavy atom. The monoisotopic (exact) mass is 400 g/mol. The number of fused-ring (bicyclic) bond motifs is 1. The Balaban J connectivity index is 1.98. The van der Waals surface area contributed by atoms with E-state index < -0.39 is 10.3 Å². The highest BCUT2D eigenvalue weighted by atomic mass is 16.6. The standard InChI is InChI=1S/C23H20N4O3/c1-23(2)20-14-18(27(28)29)9-10-21(20)26(22(23)11-8-17(15-24)16-25)12-13-30-19-6-4-3-5-7-19/h3-11,14H,12-13H2,1-2H3/b22-11+. The van der Waals surface area contributed by atoms with Crippen molar-refractivity contribution in [1.29, 1.82) is 10.5 Å². The first kappa shape index (κ1) is 20.6. The predicted molar refractivity (Wildman–Crippen MR) is 113 cm³/mol. The largest absolute Gasteiger partial charge is 0.492 e. The van der Waals surface area contributed by atoms with Gasteiger partial charge >= 0.3 is 0 Å². The van der Waals surface area contributed by atoms with Gasteiger partial charge in [-0.1, -0.05) is 32.0 Å². The molecule has 0 aromatic heterocycles. The normalized spacial score (nSPS) is 15.1. The lowest BCUT2D eigenvalue weighted by molar-refractivity contribution is -0.384. The van der Waals surface area contributed by atoms with Gasteiger partial charge in [-0.2, -0.15) is 10.5 Å². The Morgan fingerprint density at radius 2 is 1.90 bits per heavy atom. The van der Waals surface area contributed by atoms with Gasteiger partial charge in [-0.15, -0.1) is 0 Å². The first-order valence-corrected chi connectivity index (χ1v) is 9.35. The lowest BCUT2D eigenvalue weighted by atomic mass is 9.83. The van der Waals surface area contributed by atoms with Gasteiger partial charge in [0.2, 0.25) is 0 Å². The molecule has 0 saturated carbocycles. The Hall–Kier alpha value is -4.10. The number of benzene rings is 2. The van der Waals surface area contributed by atoms with E-state index in [2.05, 4.69) is 0 Å². The van der Waals surface area contributed by atoms with E-state index in [9.17, 15) is 10.1 Å². The second-order valence-electron chi connectivity index (χ2n) is 7.25. The van der Waals surface area contributed by atoms with Gasteiger partial charge in [-0.3, -0.25) is 10.1 Å². The van der Waals surface area contributed by atoms with Crippen LogP contribution in [-0.4, -0.2) is 18.1 Å². The first-order valence-electron chi connectivity index (χ1n) is 9.35. The van der Waals surface area contributed by atoms with Crippen LogP contribution in [0.2, 0.25) is 0 Å². The maximum atomic E-state index is 11.3. The molecule has 0 amide bonds. The molecule has 0 bridgehead atoms. The van der Waals surface area contributed by atoms with Crippen LogP contribution < -0.4 is 9.64 Å². The van der Waals surface area contributed by atoms with Crippen LogP contribution in [0, 0.1) is 32.8 Å². The van der Waals surface area contributed by atoms with E-state index >= 15 is 0 Å². The van der Waals surface area contributed by atoms with E-state index in [-0.39, 0.29) is 11.3 Å². The molecule has 2 aromatic rings. The van der Waals surface area contributed by atoms with Crippen LogP contribution in [-0.2, 0) is 5.41 Å². The Bertz CT molecular complexity index is 1090. The fourth-order valence-corrected chi connectivity index (χ4v) is 3.55. The first-order chi connectivity index (χ1) is 14.4. The summed E-state index contributed by atoms with van der Waals surface area (Å²) in [4.78, 5) is 12.9. The second-order valence-corrected chi connectivity index (χ2v) is 7.25. The Labute approximate surface area is 174 Å². The van der Waals surface area contributed by atoms with Crippen LogP contribution in [0.5, 0.6) is 5.75 Å². The number of hydrogen-bond acceptors (Lipinski definition) is 6. The number of nitrogens with zero attached hydrogens (tertiary/aromatic N) is 4. The molecule has 2 aromatic carbocycles. The average molecular weight is 400 g/mol. The van der Waals surface area contributed by atoms with Gasteiger partial charge in [0.05, 0.1) is 11.5 Å². The molecule has 0 fully saturated rings. The highest BCUT2D eigenvalue weighted by Gasteiger charge is 2.40. The number of non-ortho nitro benzene ring substituents is 1.